The highest BCUT2D eigenvalue weighted by Gasteiger charge is 2.29. The fraction of sp³-hybridized carbons (Fsp3) is 0.960. The number of carboxylic acids is 1. The van der Waals surface area contributed by atoms with Crippen LogP contribution >= 0.6 is 0 Å². The molecule has 0 aromatic heterocycles. The molecule has 1 aliphatic rings. The van der Waals surface area contributed by atoms with E-state index in [0.29, 0.717) is 13.0 Å². The number of hydrogen-bond acceptors (Lipinski definition) is 3. The Morgan fingerprint density at radius 1 is 0.966 bits per heavy atom. The Labute approximate surface area is 179 Å². The summed E-state index contributed by atoms with van der Waals surface area (Å²) in [5, 5.41) is 19.9. The predicted molar refractivity (Wildman–Crippen MR) is 120 cm³/mol. The molecular formula is C25H48O4. The highest BCUT2D eigenvalue weighted by molar-refractivity contribution is 5.72. The number of carbonyl (C=O) groups is 1. The van der Waals surface area contributed by atoms with Crippen molar-refractivity contribution in [3.63, 3.8) is 0 Å². The smallest absolute Gasteiger partial charge is 0.332 e. The summed E-state index contributed by atoms with van der Waals surface area (Å²) < 4.78 is 5.29. The van der Waals surface area contributed by atoms with E-state index >= 15 is 0 Å². The molecule has 0 radical (unpaired) electrons. The molecule has 1 rings (SSSR count). The van der Waals surface area contributed by atoms with Crippen LogP contribution in [0.15, 0.2) is 0 Å². The average molecular weight is 413 g/mol. The summed E-state index contributed by atoms with van der Waals surface area (Å²) in [7, 11) is 0. The SMILES string of the molecule is CCCCCCCC(C)(O)CC[C@H]1CCC[C@@H]1CCCCCC(OCC)C(=O)O. The molecule has 4 heteroatoms. The van der Waals surface area contributed by atoms with Crippen molar-refractivity contribution >= 4 is 5.97 Å². The van der Waals surface area contributed by atoms with Gasteiger partial charge in [0, 0.05) is 6.61 Å². The minimum atomic E-state index is -0.833. The zero-order chi connectivity index (χ0) is 21.5. The second-order valence-corrected chi connectivity index (χ2v) is 9.57. The molecule has 0 bridgehead atoms. The van der Waals surface area contributed by atoms with Gasteiger partial charge in [-0.15, -0.1) is 0 Å². The molecule has 2 unspecified atom stereocenters. The molecule has 0 spiro atoms. The Morgan fingerprint density at radius 2 is 1.62 bits per heavy atom. The number of ether oxygens (including phenoxy) is 1. The summed E-state index contributed by atoms with van der Waals surface area (Å²) in [6.45, 7) is 6.58. The van der Waals surface area contributed by atoms with Gasteiger partial charge >= 0.3 is 5.97 Å². The van der Waals surface area contributed by atoms with E-state index in [2.05, 4.69) is 6.92 Å². The normalized spacial score (nSPS) is 22.5. The number of aliphatic carboxylic acids is 1. The summed E-state index contributed by atoms with van der Waals surface area (Å²) in [6, 6.07) is 0. The van der Waals surface area contributed by atoms with Crippen LogP contribution in [-0.4, -0.2) is 34.5 Å². The van der Waals surface area contributed by atoms with Gasteiger partial charge in [-0.3, -0.25) is 0 Å². The van der Waals surface area contributed by atoms with E-state index in [1.54, 1.807) is 0 Å². The maximum atomic E-state index is 11.1. The van der Waals surface area contributed by atoms with Crippen molar-refractivity contribution < 1.29 is 19.7 Å². The van der Waals surface area contributed by atoms with Crippen LogP contribution < -0.4 is 0 Å². The molecule has 1 fully saturated rings. The third-order valence-electron chi connectivity index (χ3n) is 6.87. The van der Waals surface area contributed by atoms with Crippen LogP contribution in [0, 0.1) is 11.8 Å². The topological polar surface area (TPSA) is 66.8 Å². The van der Waals surface area contributed by atoms with Gasteiger partial charge in [0.05, 0.1) is 5.60 Å². The van der Waals surface area contributed by atoms with Gasteiger partial charge in [-0.05, 0) is 51.4 Å². The number of unbranched alkanes of at least 4 members (excludes halogenated alkanes) is 6. The van der Waals surface area contributed by atoms with Crippen LogP contribution in [0.1, 0.15) is 124 Å². The van der Waals surface area contributed by atoms with Crippen molar-refractivity contribution in [2.75, 3.05) is 6.61 Å². The largest absolute Gasteiger partial charge is 0.479 e. The Bertz CT molecular complexity index is 421. The highest BCUT2D eigenvalue weighted by Crippen LogP contribution is 2.39. The number of aliphatic hydroxyl groups is 1. The van der Waals surface area contributed by atoms with Crippen molar-refractivity contribution in [3.05, 3.63) is 0 Å². The summed E-state index contributed by atoms with van der Waals surface area (Å²) >= 11 is 0. The van der Waals surface area contributed by atoms with E-state index in [9.17, 15) is 9.90 Å². The fourth-order valence-electron chi connectivity index (χ4n) is 5.00. The fourth-order valence-corrected chi connectivity index (χ4v) is 5.00. The standard InChI is InChI=1S/C25H48O4/c1-4-6-7-8-12-19-25(3,28)20-18-22-16-13-15-21(22)14-10-9-11-17-23(24(26)27)29-5-2/h21-23,28H,4-20H2,1-3H3,(H,26,27)/t21-,22+,23?,25?/m0/s1. The van der Waals surface area contributed by atoms with Crippen LogP contribution in [0.25, 0.3) is 0 Å². The second-order valence-electron chi connectivity index (χ2n) is 9.57. The zero-order valence-corrected chi connectivity index (χ0v) is 19.5. The van der Waals surface area contributed by atoms with Gasteiger partial charge in [0.1, 0.15) is 0 Å². The molecule has 172 valence electrons. The van der Waals surface area contributed by atoms with Gasteiger partial charge in [0.25, 0.3) is 0 Å². The summed E-state index contributed by atoms with van der Waals surface area (Å²) in [5.41, 5.74) is -0.496. The molecule has 2 N–H and O–H groups in total. The summed E-state index contributed by atoms with van der Waals surface area (Å²) in [6.07, 6.45) is 17.8. The molecule has 4 nitrogen and oxygen atoms in total. The van der Waals surface area contributed by atoms with Crippen molar-refractivity contribution in [1.82, 2.24) is 0 Å². The first kappa shape index (κ1) is 26.4. The third kappa shape index (κ3) is 12.0. The van der Waals surface area contributed by atoms with Crippen molar-refractivity contribution in [3.8, 4) is 0 Å². The van der Waals surface area contributed by atoms with Gasteiger partial charge in [-0.25, -0.2) is 4.79 Å². The lowest BCUT2D eigenvalue weighted by atomic mass is 9.83. The van der Waals surface area contributed by atoms with E-state index in [4.69, 9.17) is 9.84 Å². The third-order valence-corrected chi connectivity index (χ3v) is 6.87. The minimum Gasteiger partial charge on any atom is -0.479 e. The minimum absolute atomic E-state index is 0.462. The first-order chi connectivity index (χ1) is 13.9. The molecule has 1 saturated carbocycles. The van der Waals surface area contributed by atoms with Crippen LogP contribution in [-0.2, 0) is 9.53 Å². The van der Waals surface area contributed by atoms with E-state index in [0.717, 1.165) is 50.4 Å². The van der Waals surface area contributed by atoms with Crippen molar-refractivity contribution in [1.29, 1.82) is 0 Å². The van der Waals surface area contributed by atoms with E-state index < -0.39 is 17.7 Å². The molecule has 1 aliphatic carbocycles. The van der Waals surface area contributed by atoms with Gasteiger partial charge in [0.2, 0.25) is 0 Å². The lowest BCUT2D eigenvalue weighted by Gasteiger charge is -2.27. The van der Waals surface area contributed by atoms with E-state index in [1.807, 2.05) is 13.8 Å². The average Bonchev–Trinajstić information content (AvgIpc) is 3.12. The highest BCUT2D eigenvalue weighted by atomic mass is 16.5. The van der Waals surface area contributed by atoms with Gasteiger partial charge in [0.15, 0.2) is 6.10 Å². The Balaban J connectivity index is 2.20. The molecule has 0 aliphatic heterocycles. The maximum Gasteiger partial charge on any atom is 0.332 e. The molecule has 29 heavy (non-hydrogen) atoms. The molecule has 0 heterocycles. The second kappa shape index (κ2) is 15.2. The quantitative estimate of drug-likeness (QED) is 0.245. The lowest BCUT2D eigenvalue weighted by Crippen LogP contribution is -2.25. The number of carboxylic acid groups (broad SMARTS) is 1. The maximum absolute atomic E-state index is 11.1. The Kier molecular flexibility index (Phi) is 13.9. The molecule has 0 saturated heterocycles. The summed E-state index contributed by atoms with van der Waals surface area (Å²) in [5.74, 6) is 0.745. The molecule has 0 aromatic carbocycles. The van der Waals surface area contributed by atoms with E-state index in [1.165, 1.54) is 57.8 Å². The Hall–Kier alpha value is -0.610. The molecule has 0 aromatic rings. The van der Waals surface area contributed by atoms with Crippen molar-refractivity contribution in [2.45, 2.75) is 135 Å². The van der Waals surface area contributed by atoms with Crippen LogP contribution in [0.4, 0.5) is 0 Å². The van der Waals surface area contributed by atoms with Gasteiger partial charge in [-0.2, -0.15) is 0 Å². The first-order valence-electron chi connectivity index (χ1n) is 12.5. The van der Waals surface area contributed by atoms with Crippen molar-refractivity contribution in [2.24, 2.45) is 11.8 Å². The number of hydrogen-bond donors (Lipinski definition) is 2. The van der Waals surface area contributed by atoms with Gasteiger partial charge in [-0.1, -0.05) is 84.0 Å². The summed E-state index contributed by atoms with van der Waals surface area (Å²) in [4.78, 5) is 11.1. The molecule has 0 amide bonds. The van der Waals surface area contributed by atoms with Gasteiger partial charge < -0.3 is 14.9 Å². The monoisotopic (exact) mass is 412 g/mol. The van der Waals surface area contributed by atoms with Crippen LogP contribution in [0.2, 0.25) is 0 Å². The Morgan fingerprint density at radius 3 is 2.28 bits per heavy atom. The first-order valence-corrected chi connectivity index (χ1v) is 12.5. The number of rotatable bonds is 18. The van der Waals surface area contributed by atoms with E-state index in [-0.39, 0.29) is 0 Å². The van der Waals surface area contributed by atoms with Crippen LogP contribution in [0.5, 0.6) is 0 Å². The van der Waals surface area contributed by atoms with Crippen LogP contribution in [0.3, 0.4) is 0 Å². The zero-order valence-electron chi connectivity index (χ0n) is 19.5. The molecule has 4 atom stereocenters. The molecular weight excluding hydrogens is 364 g/mol. The predicted octanol–water partition coefficient (Wildman–Crippen LogP) is 6.73. The lowest BCUT2D eigenvalue weighted by molar-refractivity contribution is -0.150.